The molecule has 45 heavy (non-hydrogen) atoms. The molecular formula is C34H39ClFN3O6. The first kappa shape index (κ1) is 31.4. The molecule has 1 aliphatic carbocycles. The van der Waals surface area contributed by atoms with E-state index in [0.717, 1.165) is 24.8 Å². The van der Waals surface area contributed by atoms with Crippen LogP contribution >= 0.6 is 11.6 Å². The van der Waals surface area contributed by atoms with Gasteiger partial charge in [-0.05, 0) is 60.6 Å². The van der Waals surface area contributed by atoms with Crippen molar-refractivity contribution in [2.75, 3.05) is 26.1 Å². The molecule has 0 radical (unpaired) electrons. The van der Waals surface area contributed by atoms with Gasteiger partial charge in [-0.3, -0.25) is 14.4 Å². The fourth-order valence-electron chi connectivity index (χ4n) is 7.64. The summed E-state index contributed by atoms with van der Waals surface area (Å²) in [6.45, 7) is 4.59. The second-order valence-corrected chi connectivity index (χ2v) is 13.1. The molecule has 3 heterocycles. The van der Waals surface area contributed by atoms with Gasteiger partial charge in [-0.1, -0.05) is 56.5 Å². The number of carbonyl (C=O) groups excluding carboxylic acids is 3. The highest BCUT2D eigenvalue weighted by Crippen LogP contribution is 2.55. The van der Waals surface area contributed by atoms with Crippen LogP contribution in [0.5, 0.6) is 11.5 Å². The van der Waals surface area contributed by atoms with Crippen molar-refractivity contribution in [1.29, 1.82) is 0 Å². The number of anilines is 1. The van der Waals surface area contributed by atoms with Gasteiger partial charge in [0.15, 0.2) is 11.5 Å². The number of nitrogens with one attached hydrogen (secondary N) is 2. The van der Waals surface area contributed by atoms with Gasteiger partial charge in [0.25, 0.3) is 0 Å². The summed E-state index contributed by atoms with van der Waals surface area (Å²) in [7, 11) is 3.12. The zero-order chi connectivity index (χ0) is 32.0. The summed E-state index contributed by atoms with van der Waals surface area (Å²) in [6, 6.07) is 8.47. The summed E-state index contributed by atoms with van der Waals surface area (Å²) in [4.78, 5) is 43.9. The van der Waals surface area contributed by atoms with Crippen molar-refractivity contribution in [1.82, 2.24) is 10.2 Å². The molecule has 1 saturated carbocycles. The van der Waals surface area contributed by atoms with Gasteiger partial charge in [0.1, 0.15) is 17.5 Å². The van der Waals surface area contributed by atoms with Crippen LogP contribution in [0.15, 0.2) is 48.6 Å². The molecule has 3 amide bonds. The largest absolute Gasteiger partial charge is 0.493 e. The Morgan fingerprint density at radius 1 is 1.09 bits per heavy atom. The lowest BCUT2D eigenvalue weighted by Gasteiger charge is -2.38. The van der Waals surface area contributed by atoms with Gasteiger partial charge in [-0.25, -0.2) is 4.39 Å². The molecule has 240 valence electrons. The van der Waals surface area contributed by atoms with Crippen molar-refractivity contribution in [2.24, 2.45) is 23.7 Å². The number of halogens is 2. The fourth-order valence-corrected chi connectivity index (χ4v) is 7.82. The molecule has 9 nitrogen and oxygen atoms in total. The van der Waals surface area contributed by atoms with Crippen LogP contribution in [0.2, 0.25) is 5.02 Å². The quantitative estimate of drug-likeness (QED) is 0.383. The molecule has 8 atom stereocenters. The maximum absolute atomic E-state index is 14.3. The van der Waals surface area contributed by atoms with E-state index in [2.05, 4.69) is 24.5 Å². The Morgan fingerprint density at radius 3 is 2.60 bits per heavy atom. The van der Waals surface area contributed by atoms with Crippen molar-refractivity contribution in [3.05, 3.63) is 65.0 Å². The Morgan fingerprint density at radius 2 is 1.87 bits per heavy atom. The number of benzene rings is 2. The molecule has 2 N–H and O–H groups in total. The monoisotopic (exact) mass is 639 g/mol. The molecule has 0 unspecified atom stereocenters. The Balaban J connectivity index is 1.30. The number of amides is 3. The van der Waals surface area contributed by atoms with Crippen LogP contribution < -0.4 is 20.1 Å². The number of rotatable bonds is 9. The molecule has 6 rings (SSSR count). The average molecular weight is 640 g/mol. The van der Waals surface area contributed by atoms with Gasteiger partial charge in [0, 0.05) is 18.3 Å². The Labute approximate surface area is 267 Å². The molecule has 2 aromatic rings. The topological polar surface area (TPSA) is 106 Å². The second kappa shape index (κ2) is 12.3. The highest BCUT2D eigenvalue weighted by atomic mass is 35.5. The number of hydrogen-bond acceptors (Lipinski definition) is 6. The molecule has 1 spiro atoms. The van der Waals surface area contributed by atoms with Crippen LogP contribution in [0.1, 0.15) is 38.7 Å². The van der Waals surface area contributed by atoms with Crippen LogP contribution in [0.3, 0.4) is 0 Å². The highest BCUT2D eigenvalue weighted by molar-refractivity contribution is 6.31. The minimum atomic E-state index is -1.30. The maximum atomic E-state index is 14.3. The minimum absolute atomic E-state index is 0.0237. The van der Waals surface area contributed by atoms with E-state index in [1.165, 1.54) is 18.2 Å². The van der Waals surface area contributed by atoms with Gasteiger partial charge in [0.2, 0.25) is 17.7 Å². The maximum Gasteiger partial charge on any atom is 0.246 e. The van der Waals surface area contributed by atoms with Gasteiger partial charge < -0.3 is 29.7 Å². The number of carbonyl (C=O) groups is 3. The Hall–Kier alpha value is -3.63. The molecular weight excluding hydrogens is 601 g/mol. The van der Waals surface area contributed by atoms with Crippen molar-refractivity contribution in [2.45, 2.75) is 63.3 Å². The van der Waals surface area contributed by atoms with Crippen LogP contribution in [0.25, 0.3) is 0 Å². The van der Waals surface area contributed by atoms with E-state index in [-0.39, 0.29) is 35.3 Å². The summed E-state index contributed by atoms with van der Waals surface area (Å²) >= 11 is 5.94. The Bertz CT molecular complexity index is 1540. The summed E-state index contributed by atoms with van der Waals surface area (Å²) in [5.41, 5.74) is -0.0973. The van der Waals surface area contributed by atoms with Crippen LogP contribution in [-0.2, 0) is 25.5 Å². The van der Waals surface area contributed by atoms with E-state index >= 15 is 0 Å². The Kier molecular flexibility index (Phi) is 8.56. The number of ether oxygens (including phenoxy) is 3. The lowest BCUT2D eigenvalue weighted by Crippen LogP contribution is -2.58. The molecule has 4 aliphatic rings. The number of fused-ring (bicyclic) bond motifs is 1. The predicted molar refractivity (Wildman–Crippen MR) is 167 cm³/mol. The molecule has 3 aliphatic heterocycles. The molecule has 2 aromatic carbocycles. The lowest BCUT2D eigenvalue weighted by molar-refractivity contribution is -0.141. The number of likely N-dealkylation sites (tertiary alicyclic amines) is 1. The third-order valence-electron chi connectivity index (χ3n) is 10.2. The highest BCUT2D eigenvalue weighted by Gasteiger charge is 2.72. The van der Waals surface area contributed by atoms with E-state index in [1.54, 1.807) is 37.3 Å². The SMILES string of the molecule is COc1ccc(CCN2C(=O)[C@H]3[C@H](C(=O)Nc4ccc(F)c(Cl)c4)[C@H]4C=C[C@@]3(O4)[C@@H]2C(=O)N[C@@H]2CCC[C@@H](C)[C@@H]2C)cc1OC. The molecule has 2 bridgehead atoms. The second-order valence-electron chi connectivity index (χ2n) is 12.7. The van der Waals surface area contributed by atoms with Gasteiger partial charge >= 0.3 is 0 Å². The zero-order valence-electron chi connectivity index (χ0n) is 25.8. The lowest BCUT2D eigenvalue weighted by atomic mass is 9.73. The van der Waals surface area contributed by atoms with Crippen molar-refractivity contribution >= 4 is 35.0 Å². The standard InChI is InChI=1S/C34H39ClFN3O6/c1-18-6-5-7-24(19(18)2)38-32(41)30-34-14-12-26(45-34)28(31(40)37-21-9-10-23(36)22(35)17-21)29(34)33(42)39(30)15-13-20-8-11-25(43-3)27(16-20)44-4/h8-12,14,16-19,24,26,28-30H,5-7,13,15H2,1-4H3,(H,37,40)(H,38,41)/t18-,19+,24-,26-,28-,29-,30+,34+/m1/s1. The first-order chi connectivity index (χ1) is 21.6. The average Bonchev–Trinajstić information content (AvgIpc) is 3.67. The van der Waals surface area contributed by atoms with E-state index in [0.29, 0.717) is 29.5 Å². The van der Waals surface area contributed by atoms with Gasteiger partial charge in [-0.2, -0.15) is 0 Å². The third kappa shape index (κ3) is 5.46. The van der Waals surface area contributed by atoms with Crippen molar-refractivity contribution < 1.29 is 33.0 Å². The minimum Gasteiger partial charge on any atom is -0.493 e. The summed E-state index contributed by atoms with van der Waals surface area (Å²) in [5.74, 6) is -1.55. The summed E-state index contributed by atoms with van der Waals surface area (Å²) < 4.78 is 31.1. The van der Waals surface area contributed by atoms with Crippen LogP contribution in [0.4, 0.5) is 10.1 Å². The smallest absolute Gasteiger partial charge is 0.246 e. The number of nitrogens with zero attached hydrogens (tertiary/aromatic N) is 1. The van der Waals surface area contributed by atoms with Gasteiger partial charge in [-0.15, -0.1) is 0 Å². The molecule has 0 aromatic heterocycles. The fraction of sp³-hybridized carbons (Fsp3) is 0.500. The first-order valence-electron chi connectivity index (χ1n) is 15.5. The van der Waals surface area contributed by atoms with Gasteiger partial charge in [0.05, 0.1) is 37.2 Å². The predicted octanol–water partition coefficient (Wildman–Crippen LogP) is 4.77. The van der Waals surface area contributed by atoms with E-state index in [4.69, 9.17) is 25.8 Å². The zero-order valence-corrected chi connectivity index (χ0v) is 26.6. The normalized spacial score (nSPS) is 31.6. The first-order valence-corrected chi connectivity index (χ1v) is 15.9. The van der Waals surface area contributed by atoms with Crippen LogP contribution in [0, 0.1) is 29.5 Å². The summed E-state index contributed by atoms with van der Waals surface area (Å²) in [5, 5.41) is 5.93. The van der Waals surface area contributed by atoms with E-state index < -0.39 is 41.3 Å². The molecule has 11 heteroatoms. The summed E-state index contributed by atoms with van der Waals surface area (Å²) in [6.07, 6.45) is 6.32. The van der Waals surface area contributed by atoms with E-state index in [1.807, 2.05) is 12.1 Å². The van der Waals surface area contributed by atoms with E-state index in [9.17, 15) is 18.8 Å². The molecule has 3 fully saturated rings. The molecule has 2 saturated heterocycles. The van der Waals surface area contributed by atoms with Crippen LogP contribution in [-0.4, -0.2) is 67.2 Å². The number of methoxy groups -OCH3 is 2. The third-order valence-corrected chi connectivity index (χ3v) is 10.5. The van der Waals surface area contributed by atoms with Crippen molar-refractivity contribution in [3.8, 4) is 11.5 Å². The van der Waals surface area contributed by atoms with Crippen molar-refractivity contribution in [3.63, 3.8) is 0 Å². The number of hydrogen-bond donors (Lipinski definition) is 2.